The first-order chi connectivity index (χ1) is 12.7. The van der Waals surface area contributed by atoms with E-state index in [1.54, 1.807) is 17.3 Å². The van der Waals surface area contributed by atoms with Crippen LogP contribution in [0.4, 0.5) is 5.69 Å². The van der Waals surface area contributed by atoms with Crippen molar-refractivity contribution in [1.82, 2.24) is 4.98 Å². The summed E-state index contributed by atoms with van der Waals surface area (Å²) in [6, 6.07) is 11.1. The Kier molecular flexibility index (Phi) is 4.75. The fraction of sp³-hybridized carbons (Fsp3) is 0.400. The van der Waals surface area contributed by atoms with Crippen LogP contribution in [0.25, 0.3) is 0 Å². The number of rotatable bonds is 4. The number of para-hydroxylation sites is 2. The number of hydrogen-bond acceptors (Lipinski definition) is 5. The maximum atomic E-state index is 13.4. The quantitative estimate of drug-likeness (QED) is 0.845. The fourth-order valence-electron chi connectivity index (χ4n) is 3.38. The number of carbonyl (C=O) groups is 1. The molecular formula is C20H22N2O4. The van der Waals surface area contributed by atoms with Crippen LogP contribution in [0.1, 0.15) is 19.8 Å². The molecule has 0 saturated carbocycles. The van der Waals surface area contributed by atoms with Gasteiger partial charge in [0.05, 0.1) is 12.6 Å². The van der Waals surface area contributed by atoms with Gasteiger partial charge in [0, 0.05) is 24.7 Å². The maximum absolute atomic E-state index is 13.4. The van der Waals surface area contributed by atoms with Gasteiger partial charge >= 0.3 is 0 Å². The van der Waals surface area contributed by atoms with E-state index in [9.17, 15) is 4.79 Å². The average molecular weight is 354 g/mol. The zero-order chi connectivity index (χ0) is 17.9. The lowest BCUT2D eigenvalue weighted by Gasteiger charge is -2.35. The van der Waals surface area contributed by atoms with Crippen molar-refractivity contribution in [3.63, 3.8) is 0 Å². The third-order valence-electron chi connectivity index (χ3n) is 4.74. The molecule has 1 aromatic heterocycles. The Morgan fingerprint density at radius 1 is 1.15 bits per heavy atom. The van der Waals surface area contributed by atoms with E-state index in [4.69, 9.17) is 14.2 Å². The number of nitrogens with zero attached hydrogens (tertiary/aromatic N) is 2. The number of carbonyl (C=O) groups excluding carboxylic acids is 1. The molecule has 1 fully saturated rings. The van der Waals surface area contributed by atoms with Gasteiger partial charge in [-0.25, -0.2) is 0 Å². The zero-order valence-corrected chi connectivity index (χ0v) is 14.7. The summed E-state index contributed by atoms with van der Waals surface area (Å²) in [4.78, 5) is 19.1. The molecule has 136 valence electrons. The summed E-state index contributed by atoms with van der Waals surface area (Å²) in [7, 11) is 0. The van der Waals surface area contributed by atoms with Crippen molar-refractivity contribution in [3.05, 3.63) is 48.8 Å². The predicted octanol–water partition coefficient (Wildman–Crippen LogP) is 2.82. The number of amides is 1. The van der Waals surface area contributed by atoms with E-state index in [2.05, 4.69) is 4.98 Å². The largest absolute Gasteiger partial charge is 0.482 e. The Morgan fingerprint density at radius 3 is 2.58 bits per heavy atom. The van der Waals surface area contributed by atoms with E-state index in [-0.39, 0.29) is 18.1 Å². The van der Waals surface area contributed by atoms with Gasteiger partial charge in [0.2, 0.25) is 6.10 Å². The third-order valence-corrected chi connectivity index (χ3v) is 4.74. The molecule has 0 N–H and O–H groups in total. The van der Waals surface area contributed by atoms with Crippen LogP contribution < -0.4 is 14.4 Å². The van der Waals surface area contributed by atoms with Gasteiger partial charge in [0.25, 0.3) is 5.91 Å². The summed E-state index contributed by atoms with van der Waals surface area (Å²) < 4.78 is 17.6. The molecule has 1 saturated heterocycles. The minimum atomic E-state index is -0.709. The molecule has 3 atom stereocenters. The van der Waals surface area contributed by atoms with Crippen LogP contribution in [0.15, 0.2) is 48.8 Å². The third kappa shape index (κ3) is 3.37. The first-order valence-corrected chi connectivity index (χ1v) is 8.98. The summed E-state index contributed by atoms with van der Waals surface area (Å²) in [5, 5.41) is 0. The molecule has 2 aliphatic rings. The van der Waals surface area contributed by atoms with Gasteiger partial charge in [-0.05, 0) is 44.0 Å². The lowest BCUT2D eigenvalue weighted by molar-refractivity contribution is -0.131. The number of ether oxygens (including phenoxy) is 3. The van der Waals surface area contributed by atoms with Crippen LogP contribution in [-0.4, -0.2) is 42.4 Å². The van der Waals surface area contributed by atoms with Crippen LogP contribution >= 0.6 is 0 Å². The number of fused-ring (bicyclic) bond motifs is 1. The van der Waals surface area contributed by atoms with Crippen molar-refractivity contribution in [2.75, 3.05) is 18.1 Å². The van der Waals surface area contributed by atoms with Crippen LogP contribution in [0.5, 0.6) is 11.5 Å². The molecular weight excluding hydrogens is 332 g/mol. The van der Waals surface area contributed by atoms with Gasteiger partial charge in [-0.2, -0.15) is 0 Å². The second-order valence-corrected chi connectivity index (χ2v) is 6.60. The standard InChI is InChI=1S/C20H22N2O4/c1-14-19(26-18-7-3-2-6-17(18)25-14)20(23)22(13-16-5-4-12-24-16)15-8-10-21-11-9-15/h2-3,6-11,14,16,19H,4-5,12-13H2,1H3. The van der Waals surface area contributed by atoms with E-state index in [1.807, 2.05) is 43.3 Å². The first-order valence-electron chi connectivity index (χ1n) is 8.98. The zero-order valence-electron chi connectivity index (χ0n) is 14.7. The Morgan fingerprint density at radius 2 is 1.88 bits per heavy atom. The number of hydrogen-bond donors (Lipinski definition) is 0. The summed E-state index contributed by atoms with van der Waals surface area (Å²) >= 11 is 0. The molecule has 3 heterocycles. The molecule has 0 aliphatic carbocycles. The summed E-state index contributed by atoms with van der Waals surface area (Å²) in [6.07, 6.45) is 4.29. The highest BCUT2D eigenvalue weighted by molar-refractivity contribution is 5.97. The molecule has 26 heavy (non-hydrogen) atoms. The molecule has 0 radical (unpaired) electrons. The monoisotopic (exact) mass is 354 g/mol. The Hall–Kier alpha value is -2.60. The number of anilines is 1. The SMILES string of the molecule is CC1Oc2ccccc2OC1C(=O)N(CC1CCCO1)c1ccncc1. The lowest BCUT2D eigenvalue weighted by Crippen LogP contribution is -2.52. The number of aromatic nitrogens is 1. The second-order valence-electron chi connectivity index (χ2n) is 6.60. The normalized spacial score (nSPS) is 24.3. The lowest BCUT2D eigenvalue weighted by atomic mass is 10.1. The molecule has 1 amide bonds. The van der Waals surface area contributed by atoms with Crippen molar-refractivity contribution < 1.29 is 19.0 Å². The maximum Gasteiger partial charge on any atom is 0.272 e. The minimum absolute atomic E-state index is 0.0409. The van der Waals surface area contributed by atoms with Crippen LogP contribution in [0, 0.1) is 0 Å². The van der Waals surface area contributed by atoms with E-state index in [0.29, 0.717) is 18.0 Å². The predicted molar refractivity (Wildman–Crippen MR) is 96.5 cm³/mol. The molecule has 0 bridgehead atoms. The fourth-order valence-corrected chi connectivity index (χ4v) is 3.38. The van der Waals surface area contributed by atoms with E-state index >= 15 is 0 Å². The Labute approximate surface area is 152 Å². The van der Waals surface area contributed by atoms with Gasteiger partial charge in [0.15, 0.2) is 11.5 Å². The number of benzene rings is 1. The van der Waals surface area contributed by atoms with Gasteiger partial charge in [-0.3, -0.25) is 9.78 Å². The van der Waals surface area contributed by atoms with Crippen LogP contribution in [0.3, 0.4) is 0 Å². The van der Waals surface area contributed by atoms with E-state index in [1.165, 1.54) is 0 Å². The topological polar surface area (TPSA) is 60.9 Å². The second kappa shape index (κ2) is 7.33. The van der Waals surface area contributed by atoms with Crippen molar-refractivity contribution in [3.8, 4) is 11.5 Å². The van der Waals surface area contributed by atoms with E-state index in [0.717, 1.165) is 25.1 Å². The molecule has 2 aromatic rings. The Bertz CT molecular complexity index is 761. The molecule has 0 spiro atoms. The highest BCUT2D eigenvalue weighted by Crippen LogP contribution is 2.34. The van der Waals surface area contributed by atoms with Gasteiger partial charge in [0.1, 0.15) is 6.10 Å². The summed E-state index contributed by atoms with van der Waals surface area (Å²) in [5.74, 6) is 1.13. The van der Waals surface area contributed by atoms with Crippen molar-refractivity contribution >= 4 is 11.6 Å². The van der Waals surface area contributed by atoms with Crippen molar-refractivity contribution in [2.45, 2.75) is 38.1 Å². The molecule has 3 unspecified atom stereocenters. The smallest absolute Gasteiger partial charge is 0.272 e. The van der Waals surface area contributed by atoms with Gasteiger partial charge in [-0.15, -0.1) is 0 Å². The molecule has 1 aromatic carbocycles. The summed E-state index contributed by atoms with van der Waals surface area (Å²) in [5.41, 5.74) is 0.787. The highest BCUT2D eigenvalue weighted by atomic mass is 16.6. The highest BCUT2D eigenvalue weighted by Gasteiger charge is 2.38. The Balaban J connectivity index is 1.59. The average Bonchev–Trinajstić information content (AvgIpc) is 3.19. The van der Waals surface area contributed by atoms with Crippen molar-refractivity contribution in [2.24, 2.45) is 0 Å². The van der Waals surface area contributed by atoms with Crippen molar-refractivity contribution in [1.29, 1.82) is 0 Å². The molecule has 2 aliphatic heterocycles. The number of pyridine rings is 1. The van der Waals surface area contributed by atoms with Gasteiger partial charge < -0.3 is 19.1 Å². The first kappa shape index (κ1) is 16.8. The van der Waals surface area contributed by atoms with Gasteiger partial charge in [-0.1, -0.05) is 12.1 Å². The molecule has 6 nitrogen and oxygen atoms in total. The minimum Gasteiger partial charge on any atom is -0.482 e. The van der Waals surface area contributed by atoms with Crippen LogP contribution in [-0.2, 0) is 9.53 Å². The summed E-state index contributed by atoms with van der Waals surface area (Å²) in [6.45, 7) is 3.10. The molecule has 4 rings (SSSR count). The van der Waals surface area contributed by atoms with Crippen LogP contribution in [0.2, 0.25) is 0 Å². The molecule has 6 heteroatoms. The van der Waals surface area contributed by atoms with E-state index < -0.39 is 6.10 Å².